The van der Waals surface area contributed by atoms with Crippen LogP contribution in [0.3, 0.4) is 0 Å². The number of aryl methyl sites for hydroxylation is 1. The molecule has 2 aliphatic heterocycles. The van der Waals surface area contributed by atoms with Crippen molar-refractivity contribution in [2.24, 2.45) is 0 Å². The van der Waals surface area contributed by atoms with Crippen molar-refractivity contribution >= 4 is 89.3 Å². The molecule has 0 bridgehead atoms. The lowest BCUT2D eigenvalue weighted by Gasteiger charge is -2.44. The van der Waals surface area contributed by atoms with E-state index in [1.54, 1.807) is 0 Å². The van der Waals surface area contributed by atoms with Crippen LogP contribution in [0.5, 0.6) is 0 Å². The van der Waals surface area contributed by atoms with Crippen LogP contribution in [0.4, 0.5) is 45.5 Å². The molecule has 11 rings (SSSR count). The van der Waals surface area contributed by atoms with Gasteiger partial charge in [-0.1, -0.05) is 124 Å². The van der Waals surface area contributed by atoms with Crippen molar-refractivity contribution in [1.82, 2.24) is 0 Å². The average molecular weight is 882 g/mol. The van der Waals surface area contributed by atoms with Crippen LogP contribution < -0.4 is 30.4 Å². The summed E-state index contributed by atoms with van der Waals surface area (Å²) in [5.41, 5.74) is 21.1. The molecule has 3 heterocycles. The van der Waals surface area contributed by atoms with Gasteiger partial charge in [0.05, 0.1) is 5.69 Å². The van der Waals surface area contributed by atoms with E-state index in [0.717, 1.165) is 24.2 Å². The number of anilines is 8. The van der Waals surface area contributed by atoms with E-state index in [0.29, 0.717) is 0 Å². The predicted octanol–water partition coefficient (Wildman–Crippen LogP) is 15.6. The van der Waals surface area contributed by atoms with Gasteiger partial charge in [-0.15, -0.1) is 11.3 Å². The summed E-state index contributed by atoms with van der Waals surface area (Å²) in [6, 6.07) is 47.2. The van der Waals surface area contributed by atoms with E-state index < -0.39 is 0 Å². The SMILES string of the molecule is Cc1cc2c3c(c1)N(c1ccc(C(C)(C)C)cc1)c1c(sc4cc5c(cc14)C(C)(C)CCC5(C)C)B3c1cc(C(C)(C)C)ccc1N2c1ccc(N(C2=CCCC=C2)c2ccccc2)cc1. The third kappa shape index (κ3) is 6.90. The van der Waals surface area contributed by atoms with Crippen molar-refractivity contribution in [2.75, 3.05) is 14.7 Å². The summed E-state index contributed by atoms with van der Waals surface area (Å²) in [7, 11) is 0. The van der Waals surface area contributed by atoms with Gasteiger partial charge in [-0.2, -0.15) is 0 Å². The van der Waals surface area contributed by atoms with E-state index >= 15 is 0 Å². The maximum Gasteiger partial charge on any atom is 0.264 e. The lowest BCUT2D eigenvalue weighted by atomic mass is 9.36. The molecular formula is C61H64BN3S. The molecule has 0 fully saturated rings. The van der Waals surface area contributed by atoms with E-state index in [1.165, 1.54) is 106 Å². The summed E-state index contributed by atoms with van der Waals surface area (Å²) in [5.74, 6) is 0. The zero-order chi connectivity index (χ0) is 46.1. The number of allylic oxidation sites excluding steroid dienone is 3. The monoisotopic (exact) mass is 881 g/mol. The Balaban J connectivity index is 1.17. The molecule has 0 N–H and O–H groups in total. The van der Waals surface area contributed by atoms with Gasteiger partial charge in [0.15, 0.2) is 0 Å². The van der Waals surface area contributed by atoms with E-state index in [1.807, 2.05) is 11.3 Å². The van der Waals surface area contributed by atoms with Gasteiger partial charge < -0.3 is 14.7 Å². The van der Waals surface area contributed by atoms with Crippen LogP contribution in [-0.4, -0.2) is 6.71 Å². The fraction of sp³-hybridized carbons (Fsp3) is 0.311. The molecule has 0 amide bonds. The van der Waals surface area contributed by atoms with E-state index in [4.69, 9.17) is 0 Å². The quantitative estimate of drug-likeness (QED) is 0.160. The number of rotatable bonds is 5. The molecule has 3 nitrogen and oxygen atoms in total. The topological polar surface area (TPSA) is 9.72 Å². The smallest absolute Gasteiger partial charge is 0.264 e. The maximum absolute atomic E-state index is 2.65. The minimum atomic E-state index is -0.0181. The third-order valence-corrected chi connectivity index (χ3v) is 16.5. The number of benzene rings is 6. The van der Waals surface area contributed by atoms with E-state index in [-0.39, 0.29) is 28.4 Å². The van der Waals surface area contributed by atoms with Gasteiger partial charge in [0.2, 0.25) is 0 Å². The van der Waals surface area contributed by atoms with Gasteiger partial charge in [-0.05, 0) is 178 Å². The fourth-order valence-electron chi connectivity index (χ4n) is 11.3. The van der Waals surface area contributed by atoms with Crippen LogP contribution >= 0.6 is 11.3 Å². The summed E-state index contributed by atoms with van der Waals surface area (Å²) in [6.45, 7) is 26.2. The van der Waals surface area contributed by atoms with Crippen molar-refractivity contribution in [3.05, 3.63) is 173 Å². The number of para-hydroxylation sites is 1. The number of nitrogens with zero attached hydrogens (tertiary/aromatic N) is 3. The Bertz CT molecular complexity index is 3120. The predicted molar refractivity (Wildman–Crippen MR) is 288 cm³/mol. The van der Waals surface area contributed by atoms with Crippen LogP contribution in [-0.2, 0) is 21.7 Å². The highest BCUT2D eigenvalue weighted by Gasteiger charge is 2.47. The first kappa shape index (κ1) is 42.8. The van der Waals surface area contributed by atoms with Crippen LogP contribution in [0.2, 0.25) is 0 Å². The number of hydrogen-bond donors (Lipinski definition) is 0. The summed E-state index contributed by atoms with van der Waals surface area (Å²) in [4.78, 5) is 7.62. The van der Waals surface area contributed by atoms with Crippen molar-refractivity contribution in [1.29, 1.82) is 0 Å². The fourth-order valence-corrected chi connectivity index (χ4v) is 12.7. The molecule has 1 aromatic heterocycles. The molecular weight excluding hydrogens is 818 g/mol. The van der Waals surface area contributed by atoms with Crippen molar-refractivity contribution in [3.63, 3.8) is 0 Å². The Morgan fingerprint density at radius 2 is 1.20 bits per heavy atom. The van der Waals surface area contributed by atoms with E-state index in [9.17, 15) is 0 Å². The highest BCUT2D eigenvalue weighted by molar-refractivity contribution is 7.33. The van der Waals surface area contributed by atoms with Gasteiger partial charge in [0, 0.05) is 60.4 Å². The molecule has 0 saturated carbocycles. The second-order valence-corrected chi connectivity index (χ2v) is 24.0. The molecule has 0 saturated heterocycles. The van der Waals surface area contributed by atoms with Crippen LogP contribution in [0.1, 0.15) is 123 Å². The van der Waals surface area contributed by atoms with Crippen LogP contribution in [0.25, 0.3) is 10.1 Å². The molecule has 6 aromatic carbocycles. The van der Waals surface area contributed by atoms with Gasteiger partial charge in [-0.25, -0.2) is 0 Å². The zero-order valence-corrected chi connectivity index (χ0v) is 41.8. The normalized spacial score (nSPS) is 17.0. The average Bonchev–Trinajstić information content (AvgIpc) is 3.66. The lowest BCUT2D eigenvalue weighted by molar-refractivity contribution is 0.332. The molecule has 5 heteroatoms. The van der Waals surface area contributed by atoms with Gasteiger partial charge in [-0.3, -0.25) is 0 Å². The molecule has 4 aliphatic rings. The molecule has 66 heavy (non-hydrogen) atoms. The third-order valence-electron chi connectivity index (χ3n) is 15.2. The highest BCUT2D eigenvalue weighted by atomic mass is 32.1. The minimum absolute atomic E-state index is 0.0181. The zero-order valence-electron chi connectivity index (χ0n) is 40.9. The summed E-state index contributed by atoms with van der Waals surface area (Å²) in [6.07, 6.45) is 11.5. The molecule has 0 radical (unpaired) electrons. The van der Waals surface area contributed by atoms with Crippen LogP contribution in [0.15, 0.2) is 145 Å². The Hall–Kier alpha value is -5.78. The number of fused-ring (bicyclic) bond motifs is 7. The molecule has 0 spiro atoms. The highest BCUT2D eigenvalue weighted by Crippen LogP contribution is 2.53. The second kappa shape index (κ2) is 15.1. The molecule has 332 valence electrons. The summed E-state index contributed by atoms with van der Waals surface area (Å²) in [5, 5.41) is 1.38. The Morgan fingerprint density at radius 3 is 1.83 bits per heavy atom. The van der Waals surface area contributed by atoms with E-state index in [2.05, 4.69) is 230 Å². The standard InChI is InChI=1S/C61H64BN3S/c1-39-34-52-55-53(35-39)65(46-25-22-40(23-26-46)58(2,3)4)56-47-37-48-49(61(10,11)33-32-60(48,8)9)38-54(47)66-57(56)62(55)50-36-41(59(5,6)7)24-31-51(50)64(52)45-29-27-44(28-30-45)63(42-18-14-12-15-19-42)43-20-16-13-17-21-43/h12,14-16,18-31,34-38H,13,17,32-33H2,1-11H3. The Labute approximate surface area is 398 Å². The maximum atomic E-state index is 2.65. The van der Waals surface area contributed by atoms with Gasteiger partial charge >= 0.3 is 0 Å². The number of hydrogen-bond acceptors (Lipinski definition) is 4. The largest absolute Gasteiger partial charge is 0.311 e. The minimum Gasteiger partial charge on any atom is -0.311 e. The van der Waals surface area contributed by atoms with Crippen molar-refractivity contribution < 1.29 is 0 Å². The Morgan fingerprint density at radius 1 is 0.606 bits per heavy atom. The second-order valence-electron chi connectivity index (χ2n) is 22.9. The summed E-state index contributed by atoms with van der Waals surface area (Å²) < 4.78 is 2.83. The molecule has 0 unspecified atom stereocenters. The number of thiophene rings is 1. The lowest BCUT2D eigenvalue weighted by Crippen LogP contribution is -2.60. The van der Waals surface area contributed by atoms with Crippen LogP contribution in [0, 0.1) is 6.92 Å². The Kier molecular flexibility index (Phi) is 9.81. The first-order valence-electron chi connectivity index (χ1n) is 24.3. The molecule has 0 atom stereocenters. The van der Waals surface area contributed by atoms with Gasteiger partial charge in [0.25, 0.3) is 6.71 Å². The molecule has 2 aliphatic carbocycles. The van der Waals surface area contributed by atoms with Crippen molar-refractivity contribution in [3.8, 4) is 0 Å². The van der Waals surface area contributed by atoms with Crippen molar-refractivity contribution in [2.45, 2.75) is 124 Å². The first-order chi connectivity index (χ1) is 31.4. The molecule has 7 aromatic rings. The summed E-state index contributed by atoms with van der Waals surface area (Å²) >= 11 is 2.04. The van der Waals surface area contributed by atoms with Gasteiger partial charge in [0.1, 0.15) is 0 Å². The first-order valence-corrected chi connectivity index (χ1v) is 25.1.